The molecule has 1 aromatic heterocycles. The number of aryl methyl sites for hydroxylation is 1. The molecule has 2 aromatic rings. The van der Waals surface area contributed by atoms with Crippen molar-refractivity contribution in [2.45, 2.75) is 39.2 Å². The third-order valence-corrected chi connectivity index (χ3v) is 5.16. The van der Waals surface area contributed by atoms with Gasteiger partial charge in [0.05, 0.1) is 5.69 Å². The Balaban J connectivity index is 1.52. The van der Waals surface area contributed by atoms with Crippen LogP contribution in [0.3, 0.4) is 0 Å². The second-order valence-electron chi connectivity index (χ2n) is 6.30. The standard InChI is InChI=1S/C19H22N2O3S/c1-14-6-8-15(9-7-14)19-20-16(13-25-19)12-24-18(23)11-21-10-4-2-3-5-17(21)22/h6-9,13H,2-5,10-12H2,1H3. The topological polar surface area (TPSA) is 59.5 Å². The molecule has 6 heteroatoms. The lowest BCUT2D eigenvalue weighted by atomic mass is 10.2. The molecule has 0 atom stereocenters. The Labute approximate surface area is 151 Å². The average molecular weight is 358 g/mol. The number of carbonyl (C=O) groups excluding carboxylic acids is 2. The van der Waals surface area contributed by atoms with Gasteiger partial charge in [0.25, 0.3) is 0 Å². The summed E-state index contributed by atoms with van der Waals surface area (Å²) in [6, 6.07) is 8.17. The van der Waals surface area contributed by atoms with Gasteiger partial charge in [-0.2, -0.15) is 0 Å². The first kappa shape index (κ1) is 17.6. The first-order valence-electron chi connectivity index (χ1n) is 8.56. The summed E-state index contributed by atoms with van der Waals surface area (Å²) in [4.78, 5) is 30.1. The predicted octanol–water partition coefficient (Wildman–Crippen LogP) is 3.56. The Hall–Kier alpha value is -2.21. The fraction of sp³-hybridized carbons (Fsp3) is 0.421. The molecule has 0 bridgehead atoms. The van der Waals surface area contributed by atoms with Crippen LogP contribution >= 0.6 is 11.3 Å². The van der Waals surface area contributed by atoms with Crippen LogP contribution in [0.25, 0.3) is 10.6 Å². The van der Waals surface area contributed by atoms with E-state index in [1.165, 1.54) is 16.9 Å². The number of likely N-dealkylation sites (tertiary alicyclic amines) is 1. The SMILES string of the molecule is Cc1ccc(-c2nc(COC(=O)CN3CCCCCC3=O)cs2)cc1. The second kappa shape index (κ2) is 8.25. The fourth-order valence-corrected chi connectivity index (χ4v) is 3.57. The minimum atomic E-state index is -0.375. The molecule has 0 unspecified atom stereocenters. The zero-order valence-electron chi connectivity index (χ0n) is 14.4. The van der Waals surface area contributed by atoms with E-state index >= 15 is 0 Å². The van der Waals surface area contributed by atoms with E-state index in [-0.39, 0.29) is 25.0 Å². The van der Waals surface area contributed by atoms with Crippen LogP contribution in [0, 0.1) is 6.92 Å². The molecule has 0 spiro atoms. The van der Waals surface area contributed by atoms with Gasteiger partial charge in [-0.1, -0.05) is 36.2 Å². The molecule has 0 aliphatic carbocycles. The van der Waals surface area contributed by atoms with Crippen LogP contribution in [0.2, 0.25) is 0 Å². The molecule has 5 nitrogen and oxygen atoms in total. The van der Waals surface area contributed by atoms with Gasteiger partial charge in [-0.15, -0.1) is 11.3 Å². The van der Waals surface area contributed by atoms with Crippen molar-refractivity contribution < 1.29 is 14.3 Å². The number of nitrogens with zero attached hydrogens (tertiary/aromatic N) is 2. The lowest BCUT2D eigenvalue weighted by molar-refractivity contribution is -0.150. The van der Waals surface area contributed by atoms with Crippen molar-refractivity contribution in [2.75, 3.05) is 13.1 Å². The van der Waals surface area contributed by atoms with Gasteiger partial charge in [-0.05, 0) is 19.8 Å². The van der Waals surface area contributed by atoms with Crippen molar-refractivity contribution >= 4 is 23.2 Å². The smallest absolute Gasteiger partial charge is 0.326 e. The third kappa shape index (κ3) is 4.89. The zero-order valence-corrected chi connectivity index (χ0v) is 15.2. The number of hydrogen-bond donors (Lipinski definition) is 0. The minimum Gasteiger partial charge on any atom is -0.458 e. The number of esters is 1. The van der Waals surface area contributed by atoms with Crippen molar-refractivity contribution in [3.63, 3.8) is 0 Å². The maximum Gasteiger partial charge on any atom is 0.326 e. The summed E-state index contributed by atoms with van der Waals surface area (Å²) in [5.41, 5.74) is 3.00. The Morgan fingerprint density at radius 2 is 2.04 bits per heavy atom. The van der Waals surface area contributed by atoms with Gasteiger partial charge < -0.3 is 9.64 Å². The van der Waals surface area contributed by atoms with Crippen molar-refractivity contribution in [1.29, 1.82) is 0 Å². The van der Waals surface area contributed by atoms with Crippen LogP contribution in [0.15, 0.2) is 29.6 Å². The summed E-state index contributed by atoms with van der Waals surface area (Å²) in [5, 5.41) is 2.81. The van der Waals surface area contributed by atoms with Crippen LogP contribution in [-0.2, 0) is 20.9 Å². The van der Waals surface area contributed by atoms with E-state index in [0.29, 0.717) is 13.0 Å². The Kier molecular flexibility index (Phi) is 5.81. The molecule has 1 aliphatic rings. The molecule has 25 heavy (non-hydrogen) atoms. The highest BCUT2D eigenvalue weighted by atomic mass is 32.1. The number of rotatable bonds is 5. The summed E-state index contributed by atoms with van der Waals surface area (Å²) in [6.07, 6.45) is 3.42. The Bertz CT molecular complexity index is 739. The maximum atomic E-state index is 12.0. The van der Waals surface area contributed by atoms with Gasteiger partial charge in [-0.3, -0.25) is 9.59 Å². The predicted molar refractivity (Wildman–Crippen MR) is 97.1 cm³/mol. The molecule has 1 saturated heterocycles. The zero-order chi connectivity index (χ0) is 17.6. The number of hydrogen-bond acceptors (Lipinski definition) is 5. The number of carbonyl (C=O) groups is 2. The molecule has 1 amide bonds. The van der Waals surface area contributed by atoms with Gasteiger partial charge >= 0.3 is 5.97 Å². The van der Waals surface area contributed by atoms with E-state index in [4.69, 9.17) is 4.74 Å². The summed E-state index contributed by atoms with van der Waals surface area (Å²) in [5.74, 6) is -0.329. The number of aromatic nitrogens is 1. The minimum absolute atomic E-state index is 0.0355. The molecule has 1 aliphatic heterocycles. The van der Waals surface area contributed by atoms with Crippen LogP contribution in [0.4, 0.5) is 0 Å². The highest BCUT2D eigenvalue weighted by molar-refractivity contribution is 7.13. The fourth-order valence-electron chi connectivity index (χ4n) is 2.76. The molecule has 3 rings (SSSR count). The summed E-state index contributed by atoms with van der Waals surface area (Å²) < 4.78 is 5.30. The highest BCUT2D eigenvalue weighted by Crippen LogP contribution is 2.24. The molecule has 0 N–H and O–H groups in total. The van der Waals surface area contributed by atoms with E-state index < -0.39 is 0 Å². The van der Waals surface area contributed by atoms with Gasteiger partial charge in [0.2, 0.25) is 5.91 Å². The van der Waals surface area contributed by atoms with Crippen molar-refractivity contribution in [3.05, 3.63) is 40.9 Å². The van der Waals surface area contributed by atoms with E-state index in [1.807, 2.05) is 24.4 Å². The molecule has 132 valence electrons. The van der Waals surface area contributed by atoms with E-state index in [0.717, 1.165) is 35.5 Å². The largest absolute Gasteiger partial charge is 0.458 e. The lowest BCUT2D eigenvalue weighted by Gasteiger charge is -2.19. The first-order chi connectivity index (χ1) is 12.1. The van der Waals surface area contributed by atoms with E-state index in [1.54, 1.807) is 4.90 Å². The summed E-state index contributed by atoms with van der Waals surface area (Å²) >= 11 is 1.53. The van der Waals surface area contributed by atoms with Crippen molar-refractivity contribution in [1.82, 2.24) is 9.88 Å². The van der Waals surface area contributed by atoms with Crippen molar-refractivity contribution in [3.8, 4) is 10.6 Å². The monoisotopic (exact) mass is 358 g/mol. The van der Waals surface area contributed by atoms with Gasteiger partial charge in [0.1, 0.15) is 18.2 Å². The molecule has 2 heterocycles. The Morgan fingerprint density at radius 1 is 1.24 bits per heavy atom. The molecular weight excluding hydrogens is 336 g/mol. The molecule has 1 aromatic carbocycles. The van der Waals surface area contributed by atoms with Crippen LogP contribution in [0.5, 0.6) is 0 Å². The van der Waals surface area contributed by atoms with E-state index in [2.05, 4.69) is 17.1 Å². The van der Waals surface area contributed by atoms with Gasteiger partial charge in [0, 0.05) is 23.9 Å². The number of thiazole rings is 1. The van der Waals surface area contributed by atoms with Gasteiger partial charge in [-0.25, -0.2) is 4.98 Å². The number of ether oxygens (including phenoxy) is 1. The summed E-state index contributed by atoms with van der Waals surface area (Å²) in [7, 11) is 0. The maximum absolute atomic E-state index is 12.0. The lowest BCUT2D eigenvalue weighted by Crippen LogP contribution is -2.35. The van der Waals surface area contributed by atoms with Gasteiger partial charge in [0.15, 0.2) is 0 Å². The quantitative estimate of drug-likeness (QED) is 0.767. The van der Waals surface area contributed by atoms with Crippen LogP contribution < -0.4 is 0 Å². The highest BCUT2D eigenvalue weighted by Gasteiger charge is 2.20. The molecule has 0 saturated carbocycles. The number of benzene rings is 1. The molecule has 1 fully saturated rings. The molecular formula is C19H22N2O3S. The van der Waals surface area contributed by atoms with E-state index in [9.17, 15) is 9.59 Å². The van der Waals surface area contributed by atoms with Crippen LogP contribution in [0.1, 0.15) is 36.9 Å². The van der Waals surface area contributed by atoms with Crippen molar-refractivity contribution in [2.24, 2.45) is 0 Å². The first-order valence-corrected chi connectivity index (χ1v) is 9.44. The van der Waals surface area contributed by atoms with Crippen LogP contribution in [-0.4, -0.2) is 34.8 Å². The summed E-state index contributed by atoms with van der Waals surface area (Å²) in [6.45, 7) is 2.87. The second-order valence-corrected chi connectivity index (χ2v) is 7.15. The molecule has 0 radical (unpaired) electrons. The number of amides is 1. The normalized spacial score (nSPS) is 15.1. The average Bonchev–Trinajstić information content (AvgIpc) is 2.99. The third-order valence-electron chi connectivity index (χ3n) is 4.22. The Morgan fingerprint density at radius 3 is 2.84 bits per heavy atom.